The Morgan fingerprint density at radius 1 is 0.970 bits per heavy atom. The standard InChI is InChI=1S/C22H23Br2N3O6/c1-22(2,3)11-9-15(13(24)10-12(11)23)33-16-8-7-14(32-16)18(28)25-17-19(29-4)26-21(31-6)27-20(17)30-5/h7-10H,1-6H3,(H,25,28). The van der Waals surface area contributed by atoms with Crippen molar-refractivity contribution < 1.29 is 28.2 Å². The van der Waals surface area contributed by atoms with Crippen LogP contribution in [0.2, 0.25) is 0 Å². The number of methoxy groups -OCH3 is 3. The number of carbonyl (C=O) groups excluding carboxylic acids is 1. The summed E-state index contributed by atoms with van der Waals surface area (Å²) in [6, 6.07) is 6.91. The number of carbonyl (C=O) groups is 1. The molecule has 0 fully saturated rings. The van der Waals surface area contributed by atoms with Crippen LogP contribution in [0.4, 0.5) is 5.69 Å². The zero-order chi connectivity index (χ0) is 24.3. The van der Waals surface area contributed by atoms with Crippen molar-refractivity contribution in [2.75, 3.05) is 26.6 Å². The van der Waals surface area contributed by atoms with Crippen LogP contribution in [0, 0.1) is 0 Å². The maximum absolute atomic E-state index is 12.8. The second kappa shape index (κ2) is 10.0. The van der Waals surface area contributed by atoms with Crippen LogP contribution in [0.5, 0.6) is 29.5 Å². The van der Waals surface area contributed by atoms with Crippen molar-refractivity contribution in [3.63, 3.8) is 0 Å². The Hall–Kier alpha value is -2.79. The highest BCUT2D eigenvalue weighted by Crippen LogP contribution is 2.40. The molecule has 9 nitrogen and oxygen atoms in total. The Bertz CT molecular complexity index is 1150. The average Bonchev–Trinajstić information content (AvgIpc) is 3.23. The van der Waals surface area contributed by atoms with Gasteiger partial charge in [0.15, 0.2) is 11.4 Å². The summed E-state index contributed by atoms with van der Waals surface area (Å²) in [6.07, 6.45) is 0. The minimum Gasteiger partial charge on any atom is -0.479 e. The van der Waals surface area contributed by atoms with Crippen molar-refractivity contribution in [3.8, 4) is 29.5 Å². The van der Waals surface area contributed by atoms with Crippen molar-refractivity contribution in [1.82, 2.24) is 9.97 Å². The number of hydrogen-bond donors (Lipinski definition) is 1. The summed E-state index contributed by atoms with van der Waals surface area (Å²) in [5, 5.41) is 2.64. The van der Waals surface area contributed by atoms with Crippen LogP contribution in [0.3, 0.4) is 0 Å². The van der Waals surface area contributed by atoms with Crippen molar-refractivity contribution in [1.29, 1.82) is 0 Å². The monoisotopic (exact) mass is 583 g/mol. The summed E-state index contributed by atoms with van der Waals surface area (Å²) < 4.78 is 28.7. The van der Waals surface area contributed by atoms with E-state index in [2.05, 4.69) is 67.9 Å². The van der Waals surface area contributed by atoms with Gasteiger partial charge in [-0.3, -0.25) is 4.79 Å². The highest BCUT2D eigenvalue weighted by molar-refractivity contribution is 9.11. The molecule has 0 bridgehead atoms. The van der Waals surface area contributed by atoms with E-state index in [-0.39, 0.29) is 40.6 Å². The molecule has 11 heteroatoms. The van der Waals surface area contributed by atoms with Gasteiger partial charge in [0.25, 0.3) is 11.9 Å². The fraction of sp³-hybridized carbons (Fsp3) is 0.318. The van der Waals surface area contributed by atoms with Crippen LogP contribution in [-0.2, 0) is 5.41 Å². The molecule has 1 N–H and O–H groups in total. The van der Waals surface area contributed by atoms with Crippen LogP contribution in [0.1, 0.15) is 36.9 Å². The van der Waals surface area contributed by atoms with Crippen LogP contribution < -0.4 is 24.3 Å². The van der Waals surface area contributed by atoms with Gasteiger partial charge >= 0.3 is 6.01 Å². The van der Waals surface area contributed by atoms with Crippen molar-refractivity contribution in [3.05, 3.63) is 44.5 Å². The first-order valence-corrected chi connectivity index (χ1v) is 11.3. The van der Waals surface area contributed by atoms with Crippen molar-refractivity contribution in [2.45, 2.75) is 26.2 Å². The molecule has 0 saturated carbocycles. The van der Waals surface area contributed by atoms with Gasteiger partial charge in [0.1, 0.15) is 5.75 Å². The number of halogens is 2. The third kappa shape index (κ3) is 5.59. The summed E-state index contributed by atoms with van der Waals surface area (Å²) in [6.45, 7) is 6.31. The van der Waals surface area contributed by atoms with Gasteiger partial charge in [0, 0.05) is 10.5 Å². The topological polar surface area (TPSA) is 105 Å². The summed E-state index contributed by atoms with van der Waals surface area (Å²) in [5.74, 6) is 0.283. The van der Waals surface area contributed by atoms with Crippen LogP contribution >= 0.6 is 31.9 Å². The van der Waals surface area contributed by atoms with E-state index in [4.69, 9.17) is 23.4 Å². The Balaban J connectivity index is 1.84. The van der Waals surface area contributed by atoms with Gasteiger partial charge in [0.2, 0.25) is 11.8 Å². The minimum atomic E-state index is -0.569. The predicted molar refractivity (Wildman–Crippen MR) is 129 cm³/mol. The first kappa shape index (κ1) is 24.8. The number of amides is 1. The molecule has 33 heavy (non-hydrogen) atoms. The smallest absolute Gasteiger partial charge is 0.322 e. The number of rotatable bonds is 7. The van der Waals surface area contributed by atoms with Gasteiger partial charge in [-0.15, -0.1) is 0 Å². The molecule has 0 aliphatic rings. The van der Waals surface area contributed by atoms with Gasteiger partial charge < -0.3 is 28.7 Å². The van der Waals surface area contributed by atoms with E-state index in [0.29, 0.717) is 5.75 Å². The number of hydrogen-bond acceptors (Lipinski definition) is 8. The summed E-state index contributed by atoms with van der Waals surface area (Å²) in [4.78, 5) is 20.9. The number of aromatic nitrogens is 2. The van der Waals surface area contributed by atoms with Crippen molar-refractivity contribution >= 4 is 43.5 Å². The molecule has 3 aromatic rings. The number of nitrogens with zero attached hydrogens (tertiary/aromatic N) is 2. The lowest BCUT2D eigenvalue weighted by molar-refractivity contribution is 0.0990. The molecule has 0 saturated heterocycles. The Morgan fingerprint density at radius 3 is 2.15 bits per heavy atom. The number of anilines is 1. The van der Waals surface area contributed by atoms with Gasteiger partial charge in [-0.1, -0.05) is 36.7 Å². The largest absolute Gasteiger partial charge is 0.479 e. The molecule has 2 aromatic heterocycles. The zero-order valence-corrected chi connectivity index (χ0v) is 22.1. The predicted octanol–water partition coefficient (Wildman–Crippen LogP) is 5.96. The second-order valence-electron chi connectivity index (χ2n) is 7.79. The molecule has 1 amide bonds. The van der Waals surface area contributed by atoms with Gasteiger partial charge in [-0.25, -0.2) is 0 Å². The molecule has 1 aromatic carbocycles. The molecular formula is C22H23Br2N3O6. The molecular weight excluding hydrogens is 562 g/mol. The minimum absolute atomic E-state index is 0.00852. The Morgan fingerprint density at radius 2 is 1.61 bits per heavy atom. The molecule has 0 unspecified atom stereocenters. The van der Waals surface area contributed by atoms with E-state index < -0.39 is 5.91 Å². The third-order valence-electron chi connectivity index (χ3n) is 4.48. The lowest BCUT2D eigenvalue weighted by Crippen LogP contribution is -2.14. The fourth-order valence-corrected chi connectivity index (χ4v) is 4.53. The number of nitrogens with one attached hydrogen (secondary N) is 1. The Kier molecular flexibility index (Phi) is 7.53. The highest BCUT2D eigenvalue weighted by atomic mass is 79.9. The van der Waals surface area contributed by atoms with E-state index in [1.165, 1.54) is 27.4 Å². The van der Waals surface area contributed by atoms with Crippen LogP contribution in [0.25, 0.3) is 0 Å². The molecule has 0 radical (unpaired) electrons. The quantitative estimate of drug-likeness (QED) is 0.362. The molecule has 3 rings (SSSR count). The SMILES string of the molecule is COc1nc(OC)c(NC(=O)c2ccc(Oc3cc(C(C)(C)C)c(Br)cc3Br)o2)c(OC)n1. The summed E-state index contributed by atoms with van der Waals surface area (Å²) >= 11 is 7.09. The van der Waals surface area contributed by atoms with E-state index in [1.807, 2.05) is 12.1 Å². The molecule has 0 aliphatic carbocycles. The number of ether oxygens (including phenoxy) is 4. The lowest BCUT2D eigenvalue weighted by Gasteiger charge is -2.22. The van der Waals surface area contributed by atoms with E-state index in [1.54, 1.807) is 6.07 Å². The molecule has 2 heterocycles. The van der Waals surface area contributed by atoms with Crippen LogP contribution in [-0.4, -0.2) is 37.2 Å². The fourth-order valence-electron chi connectivity index (χ4n) is 2.86. The van der Waals surface area contributed by atoms with Gasteiger partial charge in [0.05, 0.1) is 25.8 Å². The molecule has 0 spiro atoms. The van der Waals surface area contributed by atoms with Gasteiger partial charge in [-0.2, -0.15) is 9.97 Å². The third-order valence-corrected chi connectivity index (χ3v) is 5.75. The summed E-state index contributed by atoms with van der Waals surface area (Å²) in [5.41, 5.74) is 1.09. The average molecular weight is 585 g/mol. The first-order valence-electron chi connectivity index (χ1n) is 9.70. The second-order valence-corrected chi connectivity index (χ2v) is 9.50. The summed E-state index contributed by atoms with van der Waals surface area (Å²) in [7, 11) is 4.21. The number of benzene rings is 1. The van der Waals surface area contributed by atoms with Crippen molar-refractivity contribution in [2.24, 2.45) is 0 Å². The maximum atomic E-state index is 12.8. The lowest BCUT2D eigenvalue weighted by atomic mass is 9.87. The first-order chi connectivity index (χ1) is 15.6. The molecule has 0 atom stereocenters. The zero-order valence-electron chi connectivity index (χ0n) is 18.9. The Labute approximate surface area is 208 Å². The van der Waals surface area contributed by atoms with E-state index in [0.717, 1.165) is 14.5 Å². The molecule has 176 valence electrons. The normalized spacial score (nSPS) is 11.2. The van der Waals surface area contributed by atoms with Crippen LogP contribution in [0.15, 0.2) is 37.6 Å². The molecule has 0 aliphatic heterocycles. The van der Waals surface area contributed by atoms with Gasteiger partial charge in [-0.05, 0) is 45.1 Å². The van der Waals surface area contributed by atoms with E-state index >= 15 is 0 Å². The highest BCUT2D eigenvalue weighted by Gasteiger charge is 2.23. The maximum Gasteiger partial charge on any atom is 0.322 e. The van der Waals surface area contributed by atoms with E-state index in [9.17, 15) is 4.79 Å². The number of furan rings is 1.